The molecular formula is C40H48O6. The number of ether oxygens (including phenoxy) is 4. The first-order valence-corrected chi connectivity index (χ1v) is 16.3. The molecule has 0 amide bonds. The highest BCUT2D eigenvalue weighted by molar-refractivity contribution is 5.43. The minimum Gasteiger partial charge on any atom is -0.508 e. The average Bonchev–Trinajstić information content (AvgIpc) is 3.91. The van der Waals surface area contributed by atoms with E-state index in [1.165, 1.54) is 11.1 Å². The molecule has 0 aliphatic carbocycles. The van der Waals surface area contributed by atoms with Crippen LogP contribution in [0, 0.1) is 0 Å². The molecule has 2 atom stereocenters. The summed E-state index contributed by atoms with van der Waals surface area (Å²) in [6.07, 6.45) is 0.655. The molecule has 4 aromatic carbocycles. The number of phenols is 1. The summed E-state index contributed by atoms with van der Waals surface area (Å²) in [4.78, 5) is 0. The molecule has 46 heavy (non-hydrogen) atoms. The van der Waals surface area contributed by atoms with Crippen molar-refractivity contribution in [3.63, 3.8) is 0 Å². The Balaban J connectivity index is 1.20. The zero-order chi connectivity index (χ0) is 33.0. The lowest BCUT2D eigenvalue weighted by Gasteiger charge is -2.37. The van der Waals surface area contributed by atoms with E-state index in [1.807, 2.05) is 74.5 Å². The lowest BCUT2D eigenvalue weighted by atomic mass is 9.78. The smallest absolute Gasteiger partial charge is 0.138 e. The van der Waals surface area contributed by atoms with Gasteiger partial charge in [-0.1, -0.05) is 90.1 Å². The second-order valence-electron chi connectivity index (χ2n) is 13.3. The van der Waals surface area contributed by atoms with Gasteiger partial charge in [-0.3, -0.25) is 0 Å². The van der Waals surface area contributed by atoms with E-state index in [0.717, 1.165) is 23.5 Å². The van der Waals surface area contributed by atoms with E-state index >= 15 is 0 Å². The highest BCUT2D eigenvalue weighted by Crippen LogP contribution is 2.36. The third kappa shape index (κ3) is 7.51. The van der Waals surface area contributed by atoms with E-state index in [-0.39, 0.29) is 29.3 Å². The van der Waals surface area contributed by atoms with Crippen LogP contribution in [-0.2, 0) is 15.6 Å². The van der Waals surface area contributed by atoms with E-state index in [0.29, 0.717) is 30.9 Å². The summed E-state index contributed by atoms with van der Waals surface area (Å²) in [6, 6.07) is 31.8. The number of epoxide rings is 1. The third-order valence-electron chi connectivity index (χ3n) is 9.69. The van der Waals surface area contributed by atoms with Gasteiger partial charge in [-0.05, 0) is 83.6 Å². The van der Waals surface area contributed by atoms with E-state index in [1.54, 1.807) is 12.1 Å². The van der Waals surface area contributed by atoms with Gasteiger partial charge in [0.1, 0.15) is 54.0 Å². The number of benzene rings is 4. The van der Waals surface area contributed by atoms with Gasteiger partial charge in [0.05, 0.1) is 6.61 Å². The molecule has 0 saturated carbocycles. The molecule has 0 bridgehead atoms. The Morgan fingerprint density at radius 3 is 1.46 bits per heavy atom. The van der Waals surface area contributed by atoms with E-state index in [2.05, 4.69) is 52.0 Å². The maximum atomic E-state index is 11.4. The fourth-order valence-electron chi connectivity index (χ4n) is 5.94. The van der Waals surface area contributed by atoms with Crippen molar-refractivity contribution in [3.05, 3.63) is 119 Å². The van der Waals surface area contributed by atoms with Crippen LogP contribution < -0.4 is 14.2 Å². The molecule has 5 rings (SSSR count). The van der Waals surface area contributed by atoms with Crippen molar-refractivity contribution < 1.29 is 29.2 Å². The summed E-state index contributed by atoms with van der Waals surface area (Å²) in [5.41, 5.74) is 3.34. The minimum absolute atomic E-state index is 0.112. The summed E-state index contributed by atoms with van der Waals surface area (Å²) >= 11 is 0. The second-order valence-corrected chi connectivity index (χ2v) is 13.3. The zero-order valence-electron chi connectivity index (χ0n) is 28.0. The van der Waals surface area contributed by atoms with Crippen molar-refractivity contribution in [2.24, 2.45) is 0 Å². The Bertz CT molecular complexity index is 1530. The number of phenolic OH excluding ortho intramolecular Hbond substituents is 1. The maximum absolute atomic E-state index is 11.4. The van der Waals surface area contributed by atoms with Crippen LogP contribution in [0.5, 0.6) is 23.0 Å². The molecule has 6 nitrogen and oxygen atoms in total. The highest BCUT2D eigenvalue weighted by atomic mass is 16.6. The van der Waals surface area contributed by atoms with Crippen LogP contribution in [0.4, 0.5) is 0 Å². The summed E-state index contributed by atoms with van der Waals surface area (Å²) in [7, 11) is 0. The summed E-state index contributed by atoms with van der Waals surface area (Å²) < 4.78 is 23.7. The van der Waals surface area contributed by atoms with E-state index in [4.69, 9.17) is 18.9 Å². The molecule has 0 aromatic heterocycles. The summed E-state index contributed by atoms with van der Waals surface area (Å²) in [5.74, 6) is 2.51. The van der Waals surface area contributed by atoms with Crippen LogP contribution in [0.2, 0.25) is 0 Å². The topological polar surface area (TPSA) is 80.7 Å². The lowest BCUT2D eigenvalue weighted by Crippen LogP contribution is -2.49. The Hall–Kier alpha value is -4.00. The molecule has 1 heterocycles. The molecular weight excluding hydrogens is 576 g/mol. The van der Waals surface area contributed by atoms with Crippen LogP contribution >= 0.6 is 0 Å². The van der Waals surface area contributed by atoms with Crippen LogP contribution in [0.15, 0.2) is 97.1 Å². The largest absolute Gasteiger partial charge is 0.508 e. The van der Waals surface area contributed by atoms with Gasteiger partial charge < -0.3 is 29.2 Å². The lowest BCUT2D eigenvalue weighted by molar-refractivity contribution is -0.0770. The van der Waals surface area contributed by atoms with Gasteiger partial charge in [0, 0.05) is 10.8 Å². The van der Waals surface area contributed by atoms with Gasteiger partial charge in [0.25, 0.3) is 0 Å². The molecule has 1 aliphatic heterocycles. The number of hydrogen-bond donors (Lipinski definition) is 2. The SMILES string of the molecule is CCC(CC)(Oc1ccc(C(C)(C)c2ccc(OCC3CO3)cc2)cc1)C(O)COc1ccc(C(C)(C)c2ccc(O)cc2)cc1. The zero-order valence-corrected chi connectivity index (χ0v) is 28.0. The molecule has 1 saturated heterocycles. The number of aliphatic hydroxyl groups is 1. The van der Waals surface area contributed by atoms with Crippen molar-refractivity contribution in [2.45, 2.75) is 83.0 Å². The van der Waals surface area contributed by atoms with Gasteiger partial charge in [-0.2, -0.15) is 0 Å². The van der Waals surface area contributed by atoms with Gasteiger partial charge in [0.15, 0.2) is 0 Å². The quantitative estimate of drug-likeness (QED) is 0.130. The molecule has 6 heteroatoms. The van der Waals surface area contributed by atoms with Gasteiger partial charge in [-0.15, -0.1) is 0 Å². The van der Waals surface area contributed by atoms with Crippen molar-refractivity contribution in [2.75, 3.05) is 19.8 Å². The first-order chi connectivity index (χ1) is 22.0. The van der Waals surface area contributed by atoms with Gasteiger partial charge in [-0.25, -0.2) is 0 Å². The third-order valence-corrected chi connectivity index (χ3v) is 9.69. The predicted octanol–water partition coefficient (Wildman–Crippen LogP) is 8.20. The Morgan fingerprint density at radius 1 is 0.652 bits per heavy atom. The number of rotatable bonds is 15. The average molecular weight is 625 g/mol. The fraction of sp³-hybridized carbons (Fsp3) is 0.400. The van der Waals surface area contributed by atoms with Gasteiger partial charge >= 0.3 is 0 Å². The summed E-state index contributed by atoms with van der Waals surface area (Å²) in [5, 5.41) is 21.0. The number of aromatic hydroxyl groups is 1. The standard InChI is InChI=1S/C40H48O6/c1-7-40(8-2,37(42)27-45-34-21-13-29(14-22-34)38(3,4)28-9-17-32(41)18-10-28)46-35-23-15-31(16-24-35)39(5,6)30-11-19-33(20-12-30)43-25-36-26-44-36/h9-24,36-37,41-42H,7-8,25-27H2,1-6H3. The van der Waals surface area contributed by atoms with Gasteiger partial charge in [0.2, 0.25) is 0 Å². The minimum atomic E-state index is -0.834. The number of aliphatic hydroxyl groups excluding tert-OH is 1. The van der Waals surface area contributed by atoms with Crippen LogP contribution in [-0.4, -0.2) is 47.8 Å². The monoisotopic (exact) mass is 624 g/mol. The van der Waals surface area contributed by atoms with E-state index in [9.17, 15) is 10.2 Å². The first kappa shape index (κ1) is 33.4. The molecule has 0 spiro atoms. The predicted molar refractivity (Wildman–Crippen MR) is 182 cm³/mol. The molecule has 4 aromatic rings. The van der Waals surface area contributed by atoms with E-state index < -0.39 is 11.7 Å². The van der Waals surface area contributed by atoms with Crippen molar-refractivity contribution in [1.29, 1.82) is 0 Å². The van der Waals surface area contributed by atoms with Crippen molar-refractivity contribution in [1.82, 2.24) is 0 Å². The second kappa shape index (κ2) is 13.8. The van der Waals surface area contributed by atoms with Crippen molar-refractivity contribution >= 4 is 0 Å². The molecule has 2 N–H and O–H groups in total. The molecule has 244 valence electrons. The fourth-order valence-corrected chi connectivity index (χ4v) is 5.94. The number of hydrogen-bond acceptors (Lipinski definition) is 6. The summed E-state index contributed by atoms with van der Waals surface area (Å²) in [6.45, 7) is 14.3. The van der Waals surface area contributed by atoms with Crippen molar-refractivity contribution in [3.8, 4) is 23.0 Å². The van der Waals surface area contributed by atoms with Crippen LogP contribution in [0.25, 0.3) is 0 Å². The molecule has 1 aliphatic rings. The molecule has 0 radical (unpaired) electrons. The molecule has 2 unspecified atom stereocenters. The van der Waals surface area contributed by atoms with Crippen LogP contribution in [0.3, 0.4) is 0 Å². The Morgan fingerprint density at radius 2 is 1.04 bits per heavy atom. The van der Waals surface area contributed by atoms with Crippen LogP contribution in [0.1, 0.15) is 76.6 Å². The molecule has 1 fully saturated rings. The highest BCUT2D eigenvalue weighted by Gasteiger charge is 2.38. The normalized spacial score (nSPS) is 15.7. The Labute approximate surface area is 273 Å². The first-order valence-electron chi connectivity index (χ1n) is 16.3. The Kier molecular flexibility index (Phi) is 9.99. The maximum Gasteiger partial charge on any atom is 0.138 e.